The van der Waals surface area contributed by atoms with Gasteiger partial charge in [0.1, 0.15) is 6.61 Å². The molecule has 0 saturated heterocycles. The van der Waals surface area contributed by atoms with Crippen LogP contribution in [0.3, 0.4) is 0 Å². The summed E-state index contributed by atoms with van der Waals surface area (Å²) in [5.74, 6) is 0.936. The van der Waals surface area contributed by atoms with Gasteiger partial charge in [-0.1, -0.05) is 37.3 Å². The molecule has 0 aromatic heterocycles. The first kappa shape index (κ1) is 20.5. The molecule has 6 nitrogen and oxygen atoms in total. The van der Waals surface area contributed by atoms with E-state index in [1.54, 1.807) is 16.9 Å². The number of benzene rings is 2. The molecule has 29 heavy (non-hydrogen) atoms. The van der Waals surface area contributed by atoms with Gasteiger partial charge in [0.05, 0.1) is 30.9 Å². The molecule has 0 bridgehead atoms. The topological polar surface area (TPSA) is 59.1 Å². The molecule has 152 valence electrons. The van der Waals surface area contributed by atoms with Crippen molar-refractivity contribution in [3.63, 3.8) is 0 Å². The number of fused-ring (bicyclic) bond motifs is 1. The molecule has 1 atom stereocenters. The van der Waals surface area contributed by atoms with E-state index in [2.05, 4.69) is 0 Å². The number of methoxy groups -OCH3 is 1. The highest BCUT2D eigenvalue weighted by Crippen LogP contribution is 2.33. The Bertz CT molecular complexity index is 910. The lowest BCUT2D eigenvalue weighted by Crippen LogP contribution is -2.38. The summed E-state index contributed by atoms with van der Waals surface area (Å²) in [6.07, 6.45) is 4.72. The van der Waals surface area contributed by atoms with Gasteiger partial charge in [0.15, 0.2) is 11.5 Å². The molecular formula is C23H26N2O4. The molecule has 0 aliphatic carbocycles. The third kappa shape index (κ3) is 4.42. The largest absolute Gasteiger partial charge is 0.493 e. The molecule has 1 unspecified atom stereocenters. The molecular weight excluding hydrogens is 368 g/mol. The molecule has 6 heteroatoms. The van der Waals surface area contributed by atoms with Crippen molar-refractivity contribution >= 4 is 29.8 Å². The second-order valence-electron chi connectivity index (χ2n) is 6.90. The molecule has 3 rings (SSSR count). The molecule has 0 radical (unpaired) electrons. The summed E-state index contributed by atoms with van der Waals surface area (Å²) in [4.78, 5) is 27.8. The number of hydrogen-bond donors (Lipinski definition) is 0. The van der Waals surface area contributed by atoms with Gasteiger partial charge < -0.3 is 19.3 Å². The molecule has 1 heterocycles. The Morgan fingerprint density at radius 2 is 1.90 bits per heavy atom. The van der Waals surface area contributed by atoms with Crippen molar-refractivity contribution < 1.29 is 19.1 Å². The predicted molar refractivity (Wildman–Crippen MR) is 115 cm³/mol. The van der Waals surface area contributed by atoms with E-state index in [0.717, 1.165) is 17.7 Å². The van der Waals surface area contributed by atoms with Crippen LogP contribution in [0.5, 0.6) is 11.5 Å². The normalized spacial score (nSPS) is 16.5. The molecule has 0 saturated carbocycles. The molecule has 2 amide bonds. The van der Waals surface area contributed by atoms with Crippen LogP contribution in [0.15, 0.2) is 48.5 Å². The van der Waals surface area contributed by atoms with Gasteiger partial charge in [0.25, 0.3) is 0 Å². The molecule has 1 aliphatic heterocycles. The Kier molecular flexibility index (Phi) is 6.54. The summed E-state index contributed by atoms with van der Waals surface area (Å²) >= 11 is 0. The predicted octanol–water partition coefficient (Wildman–Crippen LogP) is 3.75. The van der Waals surface area contributed by atoms with Crippen molar-refractivity contribution in [1.82, 2.24) is 0 Å². The van der Waals surface area contributed by atoms with Crippen molar-refractivity contribution in [3.05, 3.63) is 54.1 Å². The van der Waals surface area contributed by atoms with Crippen LogP contribution >= 0.6 is 0 Å². The second kappa shape index (κ2) is 9.28. The third-order valence-electron chi connectivity index (χ3n) is 4.89. The standard InChI is InChI=1S/C23H26N2O4/c1-4-7-18-10-11-21(22(14-18)28-3)29-13-12-25-20-9-6-5-8-19(20)24(16-26)15-17(2)23(25)27/h4-11,14,16-17H,12-13,15H2,1-3H3/b7-4+. The van der Waals surface area contributed by atoms with E-state index in [-0.39, 0.29) is 11.8 Å². The summed E-state index contributed by atoms with van der Waals surface area (Å²) in [5.41, 5.74) is 2.47. The first-order valence-electron chi connectivity index (χ1n) is 9.65. The number of hydrogen-bond acceptors (Lipinski definition) is 4. The maximum atomic E-state index is 12.9. The van der Waals surface area contributed by atoms with Gasteiger partial charge >= 0.3 is 0 Å². The molecule has 2 aromatic rings. The summed E-state index contributed by atoms with van der Waals surface area (Å²) in [5, 5.41) is 0. The zero-order valence-electron chi connectivity index (χ0n) is 17.0. The van der Waals surface area contributed by atoms with E-state index < -0.39 is 0 Å². The lowest BCUT2D eigenvalue weighted by Gasteiger charge is -2.24. The van der Waals surface area contributed by atoms with Crippen molar-refractivity contribution in [2.75, 3.05) is 36.6 Å². The lowest BCUT2D eigenvalue weighted by molar-refractivity contribution is -0.121. The number of nitrogens with zero attached hydrogens (tertiary/aromatic N) is 2. The lowest BCUT2D eigenvalue weighted by atomic mass is 10.1. The number of amides is 2. The van der Waals surface area contributed by atoms with Gasteiger partial charge in [-0.15, -0.1) is 0 Å². The van der Waals surface area contributed by atoms with Crippen LogP contribution in [0.4, 0.5) is 11.4 Å². The molecule has 0 spiro atoms. The fraction of sp³-hybridized carbons (Fsp3) is 0.304. The van der Waals surface area contributed by atoms with Crippen LogP contribution in [-0.4, -0.2) is 39.1 Å². The number of rotatable bonds is 7. The first-order valence-corrected chi connectivity index (χ1v) is 9.65. The number of anilines is 2. The van der Waals surface area contributed by atoms with Crippen molar-refractivity contribution in [2.45, 2.75) is 13.8 Å². The number of allylic oxidation sites excluding steroid dienone is 1. The molecule has 1 aliphatic rings. The average molecular weight is 394 g/mol. The van der Waals surface area contributed by atoms with Crippen LogP contribution in [0.25, 0.3) is 6.08 Å². The molecule has 0 N–H and O–H groups in total. The SMILES string of the molecule is C/C=C/c1ccc(OCCN2C(=O)C(C)CN(C=O)c3ccccc32)c(OC)c1. The van der Waals surface area contributed by atoms with E-state index in [0.29, 0.717) is 36.9 Å². The summed E-state index contributed by atoms with van der Waals surface area (Å²) < 4.78 is 11.4. The zero-order chi connectivity index (χ0) is 20.8. The van der Waals surface area contributed by atoms with Crippen molar-refractivity contribution in [2.24, 2.45) is 5.92 Å². The highest BCUT2D eigenvalue weighted by Gasteiger charge is 2.30. The van der Waals surface area contributed by atoms with Crippen molar-refractivity contribution in [1.29, 1.82) is 0 Å². The fourth-order valence-corrected chi connectivity index (χ4v) is 3.47. The number of ether oxygens (including phenoxy) is 2. The highest BCUT2D eigenvalue weighted by atomic mass is 16.5. The van der Waals surface area contributed by atoms with E-state index in [4.69, 9.17) is 9.47 Å². The van der Waals surface area contributed by atoms with Crippen molar-refractivity contribution in [3.8, 4) is 11.5 Å². The molecule has 2 aromatic carbocycles. The van der Waals surface area contributed by atoms with Gasteiger partial charge in [-0.25, -0.2) is 0 Å². The Hall–Kier alpha value is -3.28. The fourth-order valence-electron chi connectivity index (χ4n) is 3.47. The van der Waals surface area contributed by atoms with Crippen LogP contribution < -0.4 is 19.3 Å². The average Bonchev–Trinajstić information content (AvgIpc) is 2.84. The van der Waals surface area contributed by atoms with Gasteiger partial charge in [0, 0.05) is 6.54 Å². The molecule has 0 fully saturated rings. The minimum absolute atomic E-state index is 0.0270. The van der Waals surface area contributed by atoms with Gasteiger partial charge in [-0.05, 0) is 36.8 Å². The summed E-state index contributed by atoms with van der Waals surface area (Å²) in [7, 11) is 1.60. The Labute approximate surface area is 171 Å². The summed E-state index contributed by atoms with van der Waals surface area (Å²) in [6, 6.07) is 13.2. The van der Waals surface area contributed by atoms with Crippen LogP contribution in [0, 0.1) is 5.92 Å². The first-order chi connectivity index (χ1) is 14.1. The van der Waals surface area contributed by atoms with E-state index in [1.165, 1.54) is 0 Å². The summed E-state index contributed by atoms with van der Waals surface area (Å²) in [6.45, 7) is 4.82. The van der Waals surface area contributed by atoms with Gasteiger partial charge in [-0.3, -0.25) is 9.59 Å². The minimum Gasteiger partial charge on any atom is -0.493 e. The second-order valence-corrected chi connectivity index (χ2v) is 6.90. The number of carbonyl (C=O) groups excluding carboxylic acids is 2. The number of carbonyl (C=O) groups is 2. The van der Waals surface area contributed by atoms with E-state index in [1.807, 2.05) is 68.5 Å². The number of para-hydroxylation sites is 2. The van der Waals surface area contributed by atoms with Crippen LogP contribution in [-0.2, 0) is 9.59 Å². The third-order valence-corrected chi connectivity index (χ3v) is 4.89. The monoisotopic (exact) mass is 394 g/mol. The van der Waals surface area contributed by atoms with Gasteiger partial charge in [0.2, 0.25) is 12.3 Å². The van der Waals surface area contributed by atoms with Gasteiger partial charge in [-0.2, -0.15) is 0 Å². The maximum Gasteiger partial charge on any atom is 0.231 e. The quantitative estimate of drug-likeness (QED) is 0.671. The smallest absolute Gasteiger partial charge is 0.231 e. The van der Waals surface area contributed by atoms with Crippen LogP contribution in [0.1, 0.15) is 19.4 Å². The maximum absolute atomic E-state index is 12.9. The Morgan fingerprint density at radius 3 is 2.59 bits per heavy atom. The Morgan fingerprint density at radius 1 is 1.14 bits per heavy atom. The van der Waals surface area contributed by atoms with E-state index >= 15 is 0 Å². The van der Waals surface area contributed by atoms with E-state index in [9.17, 15) is 9.59 Å². The van der Waals surface area contributed by atoms with Crippen LogP contribution in [0.2, 0.25) is 0 Å². The zero-order valence-corrected chi connectivity index (χ0v) is 17.0. The minimum atomic E-state index is -0.303. The highest BCUT2D eigenvalue weighted by molar-refractivity contribution is 6.02. The Balaban J connectivity index is 1.79.